The average molecular weight is 222 g/mol. The van der Waals surface area contributed by atoms with Crippen molar-refractivity contribution in [3.8, 4) is 0 Å². The van der Waals surface area contributed by atoms with Gasteiger partial charge in [0.1, 0.15) is 0 Å². The Morgan fingerprint density at radius 1 is 1.19 bits per heavy atom. The van der Waals surface area contributed by atoms with Crippen LogP contribution in [0.15, 0.2) is 18.2 Å². The van der Waals surface area contributed by atoms with Gasteiger partial charge in [-0.25, -0.2) is 9.59 Å². The Morgan fingerprint density at radius 3 is 1.94 bits per heavy atom. The van der Waals surface area contributed by atoms with E-state index in [0.717, 1.165) is 0 Å². The van der Waals surface area contributed by atoms with E-state index in [1.165, 1.54) is 18.2 Å². The van der Waals surface area contributed by atoms with E-state index in [0.29, 0.717) is 12.0 Å². The fourth-order valence-corrected chi connectivity index (χ4v) is 1.67. The van der Waals surface area contributed by atoms with Crippen LogP contribution >= 0.6 is 0 Å². The molecule has 86 valence electrons. The molecule has 1 atom stereocenters. The molecule has 1 rings (SSSR count). The highest BCUT2D eigenvalue weighted by molar-refractivity contribution is 5.96. The largest absolute Gasteiger partial charge is 0.478 e. The standard InChI is InChI=1S/C12H14O4/c1-3-7(2)10-8(11(13)14)5-4-6-9(10)12(15)16/h4-7H,3H2,1-2H3,(H,13,14)(H,15,16). The van der Waals surface area contributed by atoms with E-state index in [1.807, 2.05) is 13.8 Å². The second-order valence-electron chi connectivity index (χ2n) is 3.69. The number of aromatic carboxylic acids is 2. The highest BCUT2D eigenvalue weighted by atomic mass is 16.4. The minimum atomic E-state index is -1.08. The van der Waals surface area contributed by atoms with Gasteiger partial charge in [-0.3, -0.25) is 0 Å². The van der Waals surface area contributed by atoms with Crippen molar-refractivity contribution in [1.29, 1.82) is 0 Å². The van der Waals surface area contributed by atoms with Crippen molar-refractivity contribution in [3.05, 3.63) is 34.9 Å². The number of carbonyl (C=O) groups is 2. The minimum Gasteiger partial charge on any atom is -0.478 e. The lowest BCUT2D eigenvalue weighted by molar-refractivity contribution is 0.0694. The molecule has 0 fully saturated rings. The Labute approximate surface area is 93.5 Å². The van der Waals surface area contributed by atoms with Gasteiger partial charge in [0.2, 0.25) is 0 Å². The Kier molecular flexibility index (Phi) is 3.66. The maximum atomic E-state index is 11.0. The third-order valence-corrected chi connectivity index (χ3v) is 2.67. The molecule has 4 heteroatoms. The molecule has 16 heavy (non-hydrogen) atoms. The Morgan fingerprint density at radius 2 is 1.62 bits per heavy atom. The molecule has 0 aliphatic rings. The van der Waals surface area contributed by atoms with E-state index in [2.05, 4.69) is 0 Å². The summed E-state index contributed by atoms with van der Waals surface area (Å²) >= 11 is 0. The Bertz CT molecular complexity index is 391. The van der Waals surface area contributed by atoms with Gasteiger partial charge in [0.15, 0.2) is 0 Å². The van der Waals surface area contributed by atoms with E-state index < -0.39 is 11.9 Å². The molecule has 1 unspecified atom stereocenters. The van der Waals surface area contributed by atoms with Crippen molar-refractivity contribution in [3.63, 3.8) is 0 Å². The van der Waals surface area contributed by atoms with Gasteiger partial charge in [0.25, 0.3) is 0 Å². The van der Waals surface area contributed by atoms with Gasteiger partial charge in [0, 0.05) is 0 Å². The molecule has 2 N–H and O–H groups in total. The number of benzene rings is 1. The predicted molar refractivity (Wildman–Crippen MR) is 59.1 cm³/mol. The number of carboxylic acid groups (broad SMARTS) is 2. The maximum absolute atomic E-state index is 11.0. The number of rotatable bonds is 4. The summed E-state index contributed by atoms with van der Waals surface area (Å²) in [5.41, 5.74) is 0.563. The molecule has 0 heterocycles. The van der Waals surface area contributed by atoms with Gasteiger partial charge in [-0.1, -0.05) is 19.9 Å². The van der Waals surface area contributed by atoms with Crippen molar-refractivity contribution in [2.24, 2.45) is 0 Å². The zero-order chi connectivity index (χ0) is 12.3. The van der Waals surface area contributed by atoms with Gasteiger partial charge < -0.3 is 10.2 Å². The molecule has 0 aromatic heterocycles. The smallest absolute Gasteiger partial charge is 0.335 e. The summed E-state index contributed by atoms with van der Waals surface area (Å²) in [5, 5.41) is 18.0. The normalized spacial score (nSPS) is 12.1. The first-order valence-corrected chi connectivity index (χ1v) is 5.08. The Hall–Kier alpha value is -1.84. The van der Waals surface area contributed by atoms with Crippen LogP contribution in [0.2, 0.25) is 0 Å². The molecule has 0 aliphatic heterocycles. The molecule has 4 nitrogen and oxygen atoms in total. The van der Waals surface area contributed by atoms with Crippen LogP contribution in [0.25, 0.3) is 0 Å². The van der Waals surface area contributed by atoms with Gasteiger partial charge in [-0.05, 0) is 30.0 Å². The van der Waals surface area contributed by atoms with E-state index in [1.54, 1.807) is 0 Å². The third kappa shape index (κ3) is 2.21. The van der Waals surface area contributed by atoms with Crippen LogP contribution in [0.5, 0.6) is 0 Å². The summed E-state index contributed by atoms with van der Waals surface area (Å²) in [6.07, 6.45) is 0.699. The lowest BCUT2D eigenvalue weighted by Gasteiger charge is -2.15. The van der Waals surface area contributed by atoms with E-state index in [4.69, 9.17) is 10.2 Å². The summed E-state index contributed by atoms with van der Waals surface area (Å²) in [6, 6.07) is 4.34. The Balaban J connectivity index is 3.46. The average Bonchev–Trinajstić information content (AvgIpc) is 2.26. The SMILES string of the molecule is CCC(C)c1c(C(=O)O)cccc1C(=O)O. The molecule has 0 radical (unpaired) electrons. The van der Waals surface area contributed by atoms with Crippen LogP contribution < -0.4 is 0 Å². The summed E-state index contributed by atoms with van der Waals surface area (Å²) in [4.78, 5) is 22.0. The quantitative estimate of drug-likeness (QED) is 0.821. The molecule has 0 amide bonds. The maximum Gasteiger partial charge on any atom is 0.335 e. The minimum absolute atomic E-state index is 0.0780. The topological polar surface area (TPSA) is 74.6 Å². The van der Waals surface area contributed by atoms with E-state index in [9.17, 15) is 9.59 Å². The molecular formula is C12H14O4. The molecule has 1 aromatic rings. The van der Waals surface area contributed by atoms with Crippen molar-refractivity contribution < 1.29 is 19.8 Å². The zero-order valence-electron chi connectivity index (χ0n) is 9.23. The van der Waals surface area contributed by atoms with Crippen LogP contribution in [-0.2, 0) is 0 Å². The lowest BCUT2D eigenvalue weighted by atomic mass is 9.89. The van der Waals surface area contributed by atoms with Crippen LogP contribution in [0.3, 0.4) is 0 Å². The first kappa shape index (κ1) is 12.2. The van der Waals surface area contributed by atoms with Crippen LogP contribution in [0.4, 0.5) is 0 Å². The summed E-state index contributed by atoms with van der Waals surface area (Å²) < 4.78 is 0. The first-order chi connectivity index (χ1) is 7.49. The summed E-state index contributed by atoms with van der Waals surface area (Å²) in [7, 11) is 0. The van der Waals surface area contributed by atoms with E-state index in [-0.39, 0.29) is 17.0 Å². The molecular weight excluding hydrogens is 208 g/mol. The molecule has 0 spiro atoms. The third-order valence-electron chi connectivity index (χ3n) is 2.67. The highest BCUT2D eigenvalue weighted by Gasteiger charge is 2.21. The highest BCUT2D eigenvalue weighted by Crippen LogP contribution is 2.26. The van der Waals surface area contributed by atoms with Crippen molar-refractivity contribution in [1.82, 2.24) is 0 Å². The second kappa shape index (κ2) is 4.79. The molecule has 0 saturated carbocycles. The van der Waals surface area contributed by atoms with Crippen molar-refractivity contribution >= 4 is 11.9 Å². The monoisotopic (exact) mass is 222 g/mol. The van der Waals surface area contributed by atoms with Gasteiger partial charge >= 0.3 is 11.9 Å². The summed E-state index contributed by atoms with van der Waals surface area (Å²) in [6.45, 7) is 3.73. The predicted octanol–water partition coefficient (Wildman–Crippen LogP) is 2.60. The van der Waals surface area contributed by atoms with Crippen molar-refractivity contribution in [2.45, 2.75) is 26.2 Å². The zero-order valence-corrected chi connectivity index (χ0v) is 9.23. The molecule has 0 bridgehead atoms. The lowest BCUT2D eigenvalue weighted by Crippen LogP contribution is -2.12. The fourth-order valence-electron chi connectivity index (χ4n) is 1.67. The summed E-state index contributed by atoms with van der Waals surface area (Å²) in [5.74, 6) is -2.25. The first-order valence-electron chi connectivity index (χ1n) is 5.08. The second-order valence-corrected chi connectivity index (χ2v) is 3.69. The van der Waals surface area contributed by atoms with Crippen LogP contribution in [0.1, 0.15) is 52.5 Å². The molecule has 0 aliphatic carbocycles. The van der Waals surface area contributed by atoms with Gasteiger partial charge in [-0.15, -0.1) is 0 Å². The fraction of sp³-hybridized carbons (Fsp3) is 0.333. The van der Waals surface area contributed by atoms with Crippen molar-refractivity contribution in [2.75, 3.05) is 0 Å². The van der Waals surface area contributed by atoms with Gasteiger partial charge in [0.05, 0.1) is 11.1 Å². The molecule has 1 aromatic carbocycles. The van der Waals surface area contributed by atoms with Crippen LogP contribution in [-0.4, -0.2) is 22.2 Å². The number of hydrogen-bond donors (Lipinski definition) is 2. The van der Waals surface area contributed by atoms with Gasteiger partial charge in [-0.2, -0.15) is 0 Å². The van der Waals surface area contributed by atoms with E-state index >= 15 is 0 Å². The number of carboxylic acids is 2. The number of hydrogen-bond acceptors (Lipinski definition) is 2. The molecule has 0 saturated heterocycles. The van der Waals surface area contributed by atoms with Crippen LogP contribution in [0, 0.1) is 0 Å².